The van der Waals surface area contributed by atoms with Crippen LogP contribution in [0, 0.1) is 11.2 Å². The van der Waals surface area contributed by atoms with E-state index < -0.39 is 0 Å². The van der Waals surface area contributed by atoms with Crippen LogP contribution in [0.3, 0.4) is 0 Å². The lowest BCUT2D eigenvalue weighted by atomic mass is 10.0. The van der Waals surface area contributed by atoms with Gasteiger partial charge in [-0.3, -0.25) is 0 Å². The Balaban J connectivity index is 1.57. The molecule has 2 amide bonds. The maximum Gasteiger partial charge on any atom is 0.317 e. The smallest absolute Gasteiger partial charge is 0.317 e. The van der Waals surface area contributed by atoms with E-state index in [1.807, 2.05) is 6.07 Å². The van der Waals surface area contributed by atoms with Gasteiger partial charge in [0.25, 0.3) is 0 Å². The quantitative estimate of drug-likeness (QED) is 0.928. The van der Waals surface area contributed by atoms with E-state index >= 15 is 0 Å². The van der Waals surface area contributed by atoms with E-state index in [9.17, 15) is 9.18 Å². The first-order valence-electron chi connectivity index (χ1n) is 8.02. The van der Waals surface area contributed by atoms with Crippen molar-refractivity contribution in [1.29, 1.82) is 0 Å². The van der Waals surface area contributed by atoms with Crippen molar-refractivity contribution in [3.63, 3.8) is 0 Å². The predicted molar refractivity (Wildman–Crippen MR) is 82.0 cm³/mol. The molecule has 1 aromatic carbocycles. The Morgan fingerprint density at radius 2 is 2.32 bits per heavy atom. The second-order valence-electron chi connectivity index (χ2n) is 6.37. The SMILES string of the molecule is CCC1(CNC(=O)N2CCOC(c3cccc(F)c3)C2)CC1. The van der Waals surface area contributed by atoms with E-state index in [1.54, 1.807) is 11.0 Å². The molecule has 0 spiro atoms. The third kappa shape index (κ3) is 3.40. The number of nitrogens with one attached hydrogen (secondary N) is 1. The number of halogens is 1. The number of rotatable bonds is 4. The molecule has 1 atom stereocenters. The molecule has 0 radical (unpaired) electrons. The summed E-state index contributed by atoms with van der Waals surface area (Å²) in [6.07, 6.45) is 3.27. The molecule has 2 fully saturated rings. The van der Waals surface area contributed by atoms with Gasteiger partial charge in [-0.1, -0.05) is 19.1 Å². The largest absolute Gasteiger partial charge is 0.370 e. The zero-order valence-corrected chi connectivity index (χ0v) is 13.0. The monoisotopic (exact) mass is 306 g/mol. The normalized spacial score (nSPS) is 23.2. The minimum atomic E-state index is -0.277. The minimum Gasteiger partial charge on any atom is -0.370 e. The predicted octanol–water partition coefficient (Wildman–Crippen LogP) is 3.10. The molecule has 1 heterocycles. The van der Waals surface area contributed by atoms with E-state index in [-0.39, 0.29) is 18.0 Å². The van der Waals surface area contributed by atoms with Gasteiger partial charge in [-0.2, -0.15) is 0 Å². The third-order valence-electron chi connectivity index (χ3n) is 4.90. The Bertz CT molecular complexity index is 545. The molecule has 0 aromatic heterocycles. The van der Waals surface area contributed by atoms with Crippen LogP contribution in [-0.4, -0.2) is 37.2 Å². The number of urea groups is 1. The van der Waals surface area contributed by atoms with Crippen LogP contribution in [0.5, 0.6) is 0 Å². The summed E-state index contributed by atoms with van der Waals surface area (Å²) in [7, 11) is 0. The van der Waals surface area contributed by atoms with Crippen LogP contribution < -0.4 is 5.32 Å². The summed E-state index contributed by atoms with van der Waals surface area (Å²) in [6, 6.07) is 6.36. The van der Waals surface area contributed by atoms with Crippen LogP contribution in [0.1, 0.15) is 37.9 Å². The van der Waals surface area contributed by atoms with Crippen molar-refractivity contribution in [1.82, 2.24) is 10.2 Å². The highest BCUT2D eigenvalue weighted by molar-refractivity contribution is 5.74. The first-order chi connectivity index (χ1) is 10.6. The van der Waals surface area contributed by atoms with Gasteiger partial charge < -0.3 is 15.0 Å². The lowest BCUT2D eigenvalue weighted by Gasteiger charge is -2.33. The van der Waals surface area contributed by atoms with Crippen LogP contribution in [0.15, 0.2) is 24.3 Å². The molecule has 2 aliphatic rings. The molecular weight excluding hydrogens is 283 g/mol. The van der Waals surface area contributed by atoms with E-state index in [0.29, 0.717) is 25.1 Å². The summed E-state index contributed by atoms with van der Waals surface area (Å²) in [4.78, 5) is 14.1. The van der Waals surface area contributed by atoms with E-state index in [1.165, 1.54) is 25.0 Å². The highest BCUT2D eigenvalue weighted by atomic mass is 19.1. The number of amides is 2. The van der Waals surface area contributed by atoms with Gasteiger partial charge >= 0.3 is 6.03 Å². The Morgan fingerprint density at radius 3 is 3.00 bits per heavy atom. The lowest BCUT2D eigenvalue weighted by Crippen LogP contribution is -2.48. The molecule has 3 rings (SSSR count). The highest BCUT2D eigenvalue weighted by Gasteiger charge is 2.41. The van der Waals surface area contributed by atoms with Crippen LogP contribution in [-0.2, 0) is 4.74 Å². The molecule has 1 aliphatic heterocycles. The fourth-order valence-corrected chi connectivity index (χ4v) is 2.95. The number of benzene rings is 1. The number of carbonyl (C=O) groups is 1. The fourth-order valence-electron chi connectivity index (χ4n) is 2.95. The Morgan fingerprint density at radius 1 is 1.50 bits per heavy atom. The van der Waals surface area contributed by atoms with E-state index in [2.05, 4.69) is 12.2 Å². The molecule has 1 aromatic rings. The topological polar surface area (TPSA) is 41.6 Å². The average Bonchev–Trinajstić information content (AvgIpc) is 3.33. The molecule has 1 saturated heterocycles. The van der Waals surface area contributed by atoms with Gasteiger partial charge in [-0.25, -0.2) is 9.18 Å². The number of morpholine rings is 1. The molecule has 120 valence electrons. The Hall–Kier alpha value is -1.62. The van der Waals surface area contributed by atoms with Crippen LogP contribution in [0.4, 0.5) is 9.18 Å². The van der Waals surface area contributed by atoms with Crippen molar-refractivity contribution in [3.05, 3.63) is 35.6 Å². The Labute approximate surface area is 130 Å². The summed E-state index contributed by atoms with van der Waals surface area (Å²) in [5.74, 6) is -0.277. The number of carbonyl (C=O) groups excluding carboxylic acids is 1. The van der Waals surface area contributed by atoms with Crippen molar-refractivity contribution in [3.8, 4) is 0 Å². The lowest BCUT2D eigenvalue weighted by molar-refractivity contribution is -0.0157. The Kier molecular flexibility index (Phi) is 4.34. The molecule has 5 heteroatoms. The van der Waals surface area contributed by atoms with E-state index in [4.69, 9.17) is 4.74 Å². The van der Waals surface area contributed by atoms with Gasteiger partial charge in [0.05, 0.1) is 13.2 Å². The molecule has 4 nitrogen and oxygen atoms in total. The first-order valence-corrected chi connectivity index (χ1v) is 8.02. The van der Waals surface area contributed by atoms with Gasteiger partial charge in [-0.05, 0) is 42.4 Å². The molecule has 22 heavy (non-hydrogen) atoms. The standard InChI is InChI=1S/C17H23FN2O2/c1-2-17(6-7-17)12-19-16(21)20-8-9-22-15(11-20)13-4-3-5-14(18)10-13/h3-5,10,15H,2,6-9,11-12H2,1H3,(H,19,21). The summed E-state index contributed by atoms with van der Waals surface area (Å²) < 4.78 is 19.0. The van der Waals surface area contributed by atoms with Crippen LogP contribution >= 0.6 is 0 Å². The maximum atomic E-state index is 13.3. The molecule has 1 N–H and O–H groups in total. The maximum absolute atomic E-state index is 13.3. The second kappa shape index (κ2) is 6.24. The number of ether oxygens (including phenoxy) is 1. The second-order valence-corrected chi connectivity index (χ2v) is 6.37. The number of nitrogens with zero attached hydrogens (tertiary/aromatic N) is 1. The molecule has 1 saturated carbocycles. The molecule has 1 aliphatic carbocycles. The summed E-state index contributed by atoms with van der Waals surface area (Å²) in [5.41, 5.74) is 1.12. The van der Waals surface area contributed by atoms with Crippen LogP contribution in [0.25, 0.3) is 0 Å². The zero-order chi connectivity index (χ0) is 15.6. The van der Waals surface area contributed by atoms with Gasteiger partial charge in [0.15, 0.2) is 0 Å². The van der Waals surface area contributed by atoms with Gasteiger partial charge in [0.2, 0.25) is 0 Å². The van der Waals surface area contributed by atoms with E-state index in [0.717, 1.165) is 18.5 Å². The van der Waals surface area contributed by atoms with Crippen molar-refractivity contribution in [2.45, 2.75) is 32.3 Å². The summed E-state index contributed by atoms with van der Waals surface area (Å²) in [6.45, 7) is 4.46. The minimum absolute atomic E-state index is 0.0376. The van der Waals surface area contributed by atoms with Crippen LogP contribution in [0.2, 0.25) is 0 Å². The van der Waals surface area contributed by atoms with Crippen molar-refractivity contribution < 1.29 is 13.9 Å². The number of hydrogen-bond donors (Lipinski definition) is 1. The summed E-state index contributed by atoms with van der Waals surface area (Å²) in [5, 5.41) is 3.05. The van der Waals surface area contributed by atoms with Crippen molar-refractivity contribution in [2.24, 2.45) is 5.41 Å². The zero-order valence-electron chi connectivity index (χ0n) is 13.0. The van der Waals surface area contributed by atoms with Gasteiger partial charge in [-0.15, -0.1) is 0 Å². The van der Waals surface area contributed by atoms with Crippen molar-refractivity contribution >= 4 is 6.03 Å². The first kappa shape index (κ1) is 15.3. The average molecular weight is 306 g/mol. The highest BCUT2D eigenvalue weighted by Crippen LogP contribution is 2.47. The molecular formula is C17H23FN2O2. The number of hydrogen-bond acceptors (Lipinski definition) is 2. The summed E-state index contributed by atoms with van der Waals surface area (Å²) >= 11 is 0. The fraction of sp³-hybridized carbons (Fsp3) is 0.588. The van der Waals surface area contributed by atoms with Gasteiger partial charge in [0.1, 0.15) is 11.9 Å². The third-order valence-corrected chi connectivity index (χ3v) is 4.90. The van der Waals surface area contributed by atoms with Crippen molar-refractivity contribution in [2.75, 3.05) is 26.2 Å². The molecule has 0 bridgehead atoms. The van der Waals surface area contributed by atoms with Gasteiger partial charge in [0, 0.05) is 13.1 Å². The molecule has 1 unspecified atom stereocenters.